The van der Waals surface area contributed by atoms with Gasteiger partial charge in [0, 0.05) is 16.9 Å². The lowest BCUT2D eigenvalue weighted by Crippen LogP contribution is -1.91. The van der Waals surface area contributed by atoms with Crippen LogP contribution >= 0.6 is 15.9 Å². The number of nitrogen functional groups attached to an aromatic ring is 1. The Bertz CT molecular complexity index is 561. The number of aromatic nitrogens is 2. The van der Waals surface area contributed by atoms with E-state index >= 15 is 0 Å². The highest BCUT2D eigenvalue weighted by Gasteiger charge is 1.98. The number of hydrogen-bond donors (Lipinski definition) is 1. The summed E-state index contributed by atoms with van der Waals surface area (Å²) in [6.07, 6.45) is 3.97. The summed E-state index contributed by atoms with van der Waals surface area (Å²) in [6.45, 7) is 1.92. The van der Waals surface area contributed by atoms with E-state index in [9.17, 15) is 4.79 Å². The number of pyridine rings is 2. The van der Waals surface area contributed by atoms with E-state index in [1.807, 2.05) is 13.0 Å². The Kier molecular flexibility index (Phi) is 5.95. The zero-order valence-electron chi connectivity index (χ0n) is 10.6. The number of rotatable bonds is 2. The third kappa shape index (κ3) is 4.67. The molecule has 0 aliphatic rings. The number of methoxy groups -OCH3 is 1. The number of carbonyl (C=O) groups is 1. The van der Waals surface area contributed by atoms with Crippen LogP contribution < -0.4 is 10.5 Å². The largest absolute Gasteiger partial charge is 0.480 e. The second-order valence-electron chi connectivity index (χ2n) is 3.58. The molecule has 0 atom stereocenters. The zero-order valence-corrected chi connectivity index (χ0v) is 12.2. The molecule has 2 aromatic heterocycles. The van der Waals surface area contributed by atoms with Crippen molar-refractivity contribution in [1.82, 2.24) is 9.97 Å². The Morgan fingerprint density at radius 3 is 2.63 bits per heavy atom. The summed E-state index contributed by atoms with van der Waals surface area (Å²) in [4.78, 5) is 18.0. The number of aldehydes is 1. The number of anilines is 1. The van der Waals surface area contributed by atoms with Gasteiger partial charge in [0.1, 0.15) is 5.82 Å². The van der Waals surface area contributed by atoms with Crippen molar-refractivity contribution >= 4 is 28.0 Å². The summed E-state index contributed by atoms with van der Waals surface area (Å²) < 4.78 is 5.76. The molecule has 0 radical (unpaired) electrons. The van der Waals surface area contributed by atoms with Crippen LogP contribution in [0.5, 0.6) is 5.88 Å². The molecule has 2 rings (SSSR count). The summed E-state index contributed by atoms with van der Waals surface area (Å²) in [5, 5.41) is 0. The maximum absolute atomic E-state index is 10.3. The fourth-order valence-electron chi connectivity index (χ4n) is 1.21. The van der Waals surface area contributed by atoms with Gasteiger partial charge >= 0.3 is 0 Å². The van der Waals surface area contributed by atoms with Crippen molar-refractivity contribution in [3.8, 4) is 5.88 Å². The van der Waals surface area contributed by atoms with Gasteiger partial charge < -0.3 is 10.5 Å². The predicted molar refractivity (Wildman–Crippen MR) is 77.3 cm³/mol. The summed E-state index contributed by atoms with van der Waals surface area (Å²) >= 11 is 3.28. The van der Waals surface area contributed by atoms with E-state index in [1.165, 1.54) is 7.11 Å². The molecule has 0 saturated heterocycles. The fourth-order valence-corrected chi connectivity index (χ4v) is 1.66. The molecule has 0 bridgehead atoms. The highest BCUT2D eigenvalue weighted by Crippen LogP contribution is 2.13. The van der Waals surface area contributed by atoms with Crippen molar-refractivity contribution < 1.29 is 9.53 Å². The standard InChI is InChI=1S/C7H7NO2.C6H7BrN2/c1-10-7-6(5-9)3-2-4-8-7;1-4-2-5(7)3-9-6(4)8/h2-5H,1H3;2-3H,1H3,(H2,8,9). The normalized spacial score (nSPS) is 9.21. The zero-order chi connectivity index (χ0) is 14.3. The Hall–Kier alpha value is -1.95. The highest BCUT2D eigenvalue weighted by molar-refractivity contribution is 9.10. The van der Waals surface area contributed by atoms with Crippen LogP contribution in [0.15, 0.2) is 35.1 Å². The lowest BCUT2D eigenvalue weighted by Gasteiger charge is -1.98. The van der Waals surface area contributed by atoms with Crippen LogP contribution in [0.4, 0.5) is 5.82 Å². The number of carbonyl (C=O) groups excluding carboxylic acids is 1. The van der Waals surface area contributed by atoms with Gasteiger partial charge in [-0.3, -0.25) is 4.79 Å². The van der Waals surface area contributed by atoms with Crippen LogP contribution in [0.3, 0.4) is 0 Å². The molecule has 2 heterocycles. The van der Waals surface area contributed by atoms with Crippen LogP contribution in [0.1, 0.15) is 15.9 Å². The quantitative estimate of drug-likeness (QED) is 0.859. The molecular weight excluding hydrogens is 310 g/mol. The van der Waals surface area contributed by atoms with Gasteiger partial charge in [-0.25, -0.2) is 9.97 Å². The minimum atomic E-state index is 0.373. The van der Waals surface area contributed by atoms with Gasteiger partial charge in [0.2, 0.25) is 5.88 Å². The SMILES string of the molecule is COc1ncccc1C=O.Cc1cc(Br)cnc1N. The van der Waals surface area contributed by atoms with E-state index in [4.69, 9.17) is 10.5 Å². The van der Waals surface area contributed by atoms with Gasteiger partial charge in [0.25, 0.3) is 0 Å². The molecule has 0 aliphatic carbocycles. The molecule has 0 aromatic carbocycles. The highest BCUT2D eigenvalue weighted by atomic mass is 79.9. The second kappa shape index (κ2) is 7.48. The average molecular weight is 324 g/mol. The van der Waals surface area contributed by atoms with Crippen LogP contribution in [-0.4, -0.2) is 23.4 Å². The maximum atomic E-state index is 10.3. The molecule has 19 heavy (non-hydrogen) atoms. The Morgan fingerprint density at radius 2 is 2.16 bits per heavy atom. The van der Waals surface area contributed by atoms with Crippen molar-refractivity contribution in [2.75, 3.05) is 12.8 Å². The van der Waals surface area contributed by atoms with Crippen molar-refractivity contribution in [3.63, 3.8) is 0 Å². The predicted octanol–water partition coefficient (Wildman–Crippen LogP) is 2.64. The van der Waals surface area contributed by atoms with Crippen molar-refractivity contribution in [2.24, 2.45) is 0 Å². The van der Waals surface area contributed by atoms with Gasteiger partial charge in [-0.15, -0.1) is 0 Å². The summed E-state index contributed by atoms with van der Waals surface area (Å²) in [5.74, 6) is 0.968. The van der Waals surface area contributed by atoms with Gasteiger partial charge in [0.05, 0.1) is 12.7 Å². The molecular formula is C13H14BrN3O2. The number of ether oxygens (including phenoxy) is 1. The monoisotopic (exact) mass is 323 g/mol. The first-order valence-electron chi connectivity index (χ1n) is 5.40. The van der Waals surface area contributed by atoms with E-state index in [0.717, 1.165) is 10.0 Å². The minimum absolute atomic E-state index is 0.373. The smallest absolute Gasteiger partial charge is 0.223 e. The van der Waals surface area contributed by atoms with Gasteiger partial charge in [-0.1, -0.05) is 0 Å². The van der Waals surface area contributed by atoms with Crippen LogP contribution in [0.2, 0.25) is 0 Å². The number of hydrogen-bond acceptors (Lipinski definition) is 5. The summed E-state index contributed by atoms with van der Waals surface area (Å²) in [5.41, 5.74) is 6.94. The Morgan fingerprint density at radius 1 is 1.42 bits per heavy atom. The molecule has 0 saturated carbocycles. The number of aryl methyl sites for hydroxylation is 1. The van der Waals surface area contributed by atoms with E-state index in [2.05, 4.69) is 25.9 Å². The van der Waals surface area contributed by atoms with Gasteiger partial charge in [-0.2, -0.15) is 0 Å². The lowest BCUT2D eigenvalue weighted by atomic mass is 10.3. The minimum Gasteiger partial charge on any atom is -0.480 e. The summed E-state index contributed by atoms with van der Waals surface area (Å²) in [7, 11) is 1.48. The molecule has 0 amide bonds. The van der Waals surface area contributed by atoms with Crippen molar-refractivity contribution in [3.05, 3.63) is 46.2 Å². The first-order valence-corrected chi connectivity index (χ1v) is 6.19. The van der Waals surface area contributed by atoms with Crippen molar-refractivity contribution in [1.29, 1.82) is 0 Å². The van der Waals surface area contributed by atoms with Crippen LogP contribution in [0, 0.1) is 6.92 Å². The van der Waals surface area contributed by atoms with Crippen LogP contribution in [0.25, 0.3) is 0 Å². The third-order valence-electron chi connectivity index (χ3n) is 2.21. The molecule has 2 N–H and O–H groups in total. The molecule has 0 unspecified atom stereocenters. The van der Waals surface area contributed by atoms with E-state index in [0.29, 0.717) is 23.5 Å². The molecule has 100 valence electrons. The molecule has 5 nitrogen and oxygen atoms in total. The van der Waals surface area contributed by atoms with Crippen LogP contribution in [-0.2, 0) is 0 Å². The number of nitrogens with two attached hydrogens (primary N) is 1. The van der Waals surface area contributed by atoms with Gasteiger partial charge in [0.15, 0.2) is 6.29 Å². The molecule has 0 spiro atoms. The first-order chi connectivity index (χ1) is 9.08. The van der Waals surface area contributed by atoms with Gasteiger partial charge in [-0.05, 0) is 46.6 Å². The lowest BCUT2D eigenvalue weighted by molar-refractivity contribution is 0.112. The fraction of sp³-hybridized carbons (Fsp3) is 0.154. The second-order valence-corrected chi connectivity index (χ2v) is 4.49. The summed E-state index contributed by atoms with van der Waals surface area (Å²) in [6, 6.07) is 5.27. The molecule has 0 aliphatic heterocycles. The van der Waals surface area contributed by atoms with E-state index < -0.39 is 0 Å². The third-order valence-corrected chi connectivity index (χ3v) is 2.64. The van der Waals surface area contributed by atoms with E-state index in [1.54, 1.807) is 24.5 Å². The Balaban J connectivity index is 0.000000191. The number of nitrogens with zero attached hydrogens (tertiary/aromatic N) is 2. The van der Waals surface area contributed by atoms with Crippen molar-refractivity contribution in [2.45, 2.75) is 6.92 Å². The number of halogens is 1. The molecule has 2 aromatic rings. The Labute approximate surface area is 120 Å². The molecule has 0 fully saturated rings. The average Bonchev–Trinajstić information content (AvgIpc) is 2.44. The maximum Gasteiger partial charge on any atom is 0.223 e. The molecule has 6 heteroatoms. The van der Waals surface area contributed by atoms with E-state index in [-0.39, 0.29) is 0 Å². The first kappa shape index (κ1) is 15.1. The topological polar surface area (TPSA) is 78.1 Å².